The van der Waals surface area contributed by atoms with Crippen molar-refractivity contribution in [3.8, 4) is 0 Å². The highest BCUT2D eigenvalue weighted by Gasteiger charge is 2.53. The van der Waals surface area contributed by atoms with Crippen LogP contribution >= 0.6 is 0 Å². The molecule has 0 unspecified atom stereocenters. The average Bonchev–Trinajstić information content (AvgIpc) is 3.24. The Bertz CT molecular complexity index is 2970. The van der Waals surface area contributed by atoms with E-state index in [1.54, 1.807) is 11.1 Å². The van der Waals surface area contributed by atoms with Crippen molar-refractivity contribution >= 4 is 70.9 Å². The van der Waals surface area contributed by atoms with Crippen LogP contribution in [0, 0.1) is 35.5 Å². The number of benzene rings is 8. The first-order valence-corrected chi connectivity index (χ1v) is 23.9. The van der Waals surface area contributed by atoms with Crippen LogP contribution in [-0.2, 0) is 16.2 Å². The molecule has 8 fully saturated rings. The van der Waals surface area contributed by atoms with E-state index in [2.05, 4.69) is 134 Å². The van der Waals surface area contributed by atoms with Crippen LogP contribution in [0.3, 0.4) is 0 Å². The molecule has 296 valence electrons. The van der Waals surface area contributed by atoms with Gasteiger partial charge in [0.15, 0.2) is 0 Å². The second-order valence-electron chi connectivity index (χ2n) is 22.5. The van der Waals surface area contributed by atoms with Gasteiger partial charge in [0, 0.05) is 32.9 Å². The molecule has 0 saturated heterocycles. The predicted molar refractivity (Wildman–Crippen MR) is 252 cm³/mol. The largest absolute Gasteiger partial charge is 0.309 e. The summed E-state index contributed by atoms with van der Waals surface area (Å²) >= 11 is 0. The average molecular weight is 778 g/mol. The van der Waals surface area contributed by atoms with Crippen molar-refractivity contribution in [3.63, 3.8) is 0 Å². The van der Waals surface area contributed by atoms with Gasteiger partial charge < -0.3 is 4.90 Å². The molecular formula is C59H55N. The summed E-state index contributed by atoms with van der Waals surface area (Å²) in [7, 11) is 0. The lowest BCUT2D eigenvalue weighted by Crippen LogP contribution is -2.48. The fourth-order valence-corrected chi connectivity index (χ4v) is 17.3. The summed E-state index contributed by atoms with van der Waals surface area (Å²) in [6.07, 6.45) is 17.4. The number of rotatable bonds is 5. The Morgan fingerprint density at radius 3 is 1.35 bits per heavy atom. The third-order valence-corrected chi connectivity index (χ3v) is 18.8. The van der Waals surface area contributed by atoms with E-state index < -0.39 is 0 Å². The van der Waals surface area contributed by atoms with Gasteiger partial charge in [-0.2, -0.15) is 0 Å². The standard InChI is InChI=1S/C59H55N/c1-57(2)49-11-5-10-48-53(49)55-52-46(45-7-3-6-40-12-21-50(57)54(55)51(40)45)8-4-9-47(52)56(48)60(43-17-13-41(14-18-43)58-28-34-22-35(29-58)24-36(23-34)30-58)44-19-15-42(16-20-44)59-31-37-25-38(32-59)27-39(26-37)33-59/h3-21,34-39H,22-33H2,1-2H3. The van der Waals surface area contributed by atoms with E-state index in [0.29, 0.717) is 10.8 Å². The number of fused-ring (bicyclic) bond motifs is 1. The Labute approximate surface area is 354 Å². The van der Waals surface area contributed by atoms with Crippen LogP contribution in [0.2, 0.25) is 0 Å². The highest BCUT2D eigenvalue weighted by atomic mass is 15.1. The first-order valence-electron chi connectivity index (χ1n) is 23.9. The van der Waals surface area contributed by atoms with E-state index in [-0.39, 0.29) is 5.41 Å². The first-order chi connectivity index (χ1) is 29.3. The Hall–Kier alpha value is -4.88. The molecule has 8 aromatic rings. The molecule has 9 aliphatic rings. The summed E-state index contributed by atoms with van der Waals surface area (Å²) in [6.45, 7) is 4.94. The molecule has 0 heterocycles. The normalized spacial score (nSPS) is 31.6. The van der Waals surface area contributed by atoms with Gasteiger partial charge in [-0.1, -0.05) is 105 Å². The molecular weight excluding hydrogens is 723 g/mol. The SMILES string of the molecule is CC1(C)c2cccc3c(N(c4ccc(C56CC7CC(CC(C7)C5)C6)cc4)c4ccc(C56CC7CC(CC(C7)C5)C6)cc4)c4cccc5c6cccc7ccc1c(c76)c(c23)c45. The Balaban J connectivity index is 0.993. The molecule has 0 aromatic heterocycles. The van der Waals surface area contributed by atoms with Crippen molar-refractivity contribution in [2.24, 2.45) is 35.5 Å². The van der Waals surface area contributed by atoms with Crippen molar-refractivity contribution < 1.29 is 0 Å². The maximum absolute atomic E-state index is 2.69. The molecule has 8 bridgehead atoms. The topological polar surface area (TPSA) is 3.24 Å². The zero-order chi connectivity index (χ0) is 39.3. The van der Waals surface area contributed by atoms with E-state index in [9.17, 15) is 0 Å². The second-order valence-corrected chi connectivity index (χ2v) is 22.5. The van der Waals surface area contributed by atoms with E-state index in [4.69, 9.17) is 0 Å². The minimum atomic E-state index is -0.135. The predicted octanol–water partition coefficient (Wildman–Crippen LogP) is 15.9. The Kier molecular flexibility index (Phi) is 6.38. The number of anilines is 3. The van der Waals surface area contributed by atoms with Gasteiger partial charge in [-0.15, -0.1) is 0 Å². The summed E-state index contributed by atoms with van der Waals surface area (Å²) < 4.78 is 0. The molecule has 0 radical (unpaired) electrons. The molecule has 9 aliphatic carbocycles. The van der Waals surface area contributed by atoms with Crippen LogP contribution in [0.25, 0.3) is 53.9 Å². The lowest BCUT2D eigenvalue weighted by molar-refractivity contribution is -0.00529. The number of hydrogen-bond acceptors (Lipinski definition) is 1. The van der Waals surface area contributed by atoms with Gasteiger partial charge in [0.25, 0.3) is 0 Å². The molecule has 60 heavy (non-hydrogen) atoms. The third-order valence-electron chi connectivity index (χ3n) is 18.8. The minimum Gasteiger partial charge on any atom is -0.309 e. The van der Waals surface area contributed by atoms with Crippen LogP contribution in [-0.4, -0.2) is 0 Å². The lowest BCUT2D eigenvalue weighted by Gasteiger charge is -2.57. The summed E-state index contributed by atoms with van der Waals surface area (Å²) in [6, 6.07) is 46.7. The maximum Gasteiger partial charge on any atom is 0.0619 e. The molecule has 8 aromatic carbocycles. The lowest BCUT2D eigenvalue weighted by atomic mass is 9.48. The van der Waals surface area contributed by atoms with Crippen molar-refractivity contribution in [3.05, 3.63) is 138 Å². The molecule has 0 N–H and O–H groups in total. The van der Waals surface area contributed by atoms with Crippen molar-refractivity contribution in [1.29, 1.82) is 0 Å². The zero-order valence-electron chi connectivity index (χ0n) is 35.4. The fraction of sp³-hybridized carbons (Fsp3) is 0.390. The summed E-state index contributed by atoms with van der Waals surface area (Å²) in [4.78, 5) is 2.69. The Morgan fingerprint density at radius 2 is 0.817 bits per heavy atom. The monoisotopic (exact) mass is 777 g/mol. The molecule has 8 saturated carbocycles. The highest BCUT2D eigenvalue weighted by Crippen LogP contribution is 2.63. The molecule has 0 spiro atoms. The third kappa shape index (κ3) is 4.26. The number of hydrogen-bond donors (Lipinski definition) is 0. The molecule has 0 atom stereocenters. The Morgan fingerprint density at radius 1 is 0.383 bits per heavy atom. The van der Waals surface area contributed by atoms with Gasteiger partial charge in [0.2, 0.25) is 0 Å². The van der Waals surface area contributed by atoms with Crippen molar-refractivity contribution in [1.82, 2.24) is 0 Å². The van der Waals surface area contributed by atoms with Gasteiger partial charge in [-0.25, -0.2) is 0 Å². The second kappa shape index (κ2) is 11.3. The van der Waals surface area contributed by atoms with E-state index in [1.807, 2.05) is 0 Å². The van der Waals surface area contributed by atoms with Gasteiger partial charge in [0.1, 0.15) is 0 Å². The summed E-state index contributed by atoms with van der Waals surface area (Å²) in [5.74, 6) is 5.65. The molecule has 1 heteroatoms. The molecule has 1 nitrogen and oxygen atoms in total. The van der Waals surface area contributed by atoms with Crippen molar-refractivity contribution in [2.75, 3.05) is 4.90 Å². The molecule has 0 aliphatic heterocycles. The first kappa shape index (κ1) is 33.8. The van der Waals surface area contributed by atoms with Gasteiger partial charge >= 0.3 is 0 Å². The van der Waals surface area contributed by atoms with E-state index in [0.717, 1.165) is 35.5 Å². The molecule has 17 rings (SSSR count). The smallest absolute Gasteiger partial charge is 0.0619 e. The van der Waals surface area contributed by atoms with E-state index >= 15 is 0 Å². The number of nitrogens with zero attached hydrogens (tertiary/aromatic N) is 1. The van der Waals surface area contributed by atoms with Crippen LogP contribution in [0.1, 0.15) is 113 Å². The van der Waals surface area contributed by atoms with Gasteiger partial charge in [-0.05, 0) is 208 Å². The minimum absolute atomic E-state index is 0.135. The zero-order valence-corrected chi connectivity index (χ0v) is 35.4. The van der Waals surface area contributed by atoms with E-state index in [1.165, 1.54) is 159 Å². The molecule has 0 amide bonds. The summed E-state index contributed by atoms with van der Waals surface area (Å²) in [5.41, 5.74) is 10.7. The quantitative estimate of drug-likeness (QED) is 0.124. The maximum atomic E-state index is 2.69. The van der Waals surface area contributed by atoms with Crippen LogP contribution in [0.5, 0.6) is 0 Å². The van der Waals surface area contributed by atoms with Gasteiger partial charge in [0.05, 0.1) is 5.69 Å². The van der Waals surface area contributed by atoms with Crippen LogP contribution in [0.4, 0.5) is 17.1 Å². The highest BCUT2D eigenvalue weighted by molar-refractivity contribution is 6.42. The van der Waals surface area contributed by atoms with Crippen molar-refractivity contribution in [2.45, 2.75) is 107 Å². The van der Waals surface area contributed by atoms with Crippen LogP contribution < -0.4 is 4.90 Å². The summed E-state index contributed by atoms with van der Waals surface area (Å²) in [5, 5.41) is 14.1. The fourth-order valence-electron chi connectivity index (χ4n) is 17.3. The van der Waals surface area contributed by atoms with Gasteiger partial charge in [-0.3, -0.25) is 0 Å². The van der Waals surface area contributed by atoms with Crippen LogP contribution in [0.15, 0.2) is 115 Å².